The molecule has 116 valence electrons. The Labute approximate surface area is 130 Å². The van der Waals surface area contributed by atoms with Gasteiger partial charge in [-0.05, 0) is 30.5 Å². The molecule has 1 aliphatic rings. The molecular weight excluding hydrogens is 276 g/mol. The zero-order chi connectivity index (χ0) is 15.4. The van der Waals surface area contributed by atoms with E-state index in [1.165, 1.54) is 0 Å². The predicted octanol–water partition coefficient (Wildman–Crippen LogP) is 1.61. The molecule has 2 aromatic rings. The molecule has 0 spiro atoms. The Morgan fingerprint density at radius 2 is 2.00 bits per heavy atom. The van der Waals surface area contributed by atoms with Crippen LogP contribution in [0.1, 0.15) is 18.4 Å². The molecule has 22 heavy (non-hydrogen) atoms. The van der Waals surface area contributed by atoms with Crippen LogP contribution in [-0.4, -0.2) is 29.1 Å². The van der Waals surface area contributed by atoms with E-state index in [2.05, 4.69) is 20.2 Å². The number of benzene rings is 1. The lowest BCUT2D eigenvalue weighted by Gasteiger charge is -2.31. The first-order valence-corrected chi connectivity index (χ1v) is 7.63. The highest BCUT2D eigenvalue weighted by Gasteiger charge is 2.17. The summed E-state index contributed by atoms with van der Waals surface area (Å²) in [5.74, 6) is 1.73. The smallest absolute Gasteiger partial charge is 0.135 e. The molecule has 0 radical (unpaired) electrons. The Hall–Kier alpha value is -2.18. The van der Waals surface area contributed by atoms with Crippen molar-refractivity contribution in [3.63, 3.8) is 0 Å². The van der Waals surface area contributed by atoms with Crippen LogP contribution in [0.25, 0.3) is 0 Å². The maximum absolute atomic E-state index is 5.95. The molecule has 1 fully saturated rings. The molecule has 1 aromatic heterocycles. The first-order chi connectivity index (χ1) is 10.7. The van der Waals surface area contributed by atoms with Crippen LogP contribution in [0.2, 0.25) is 0 Å². The lowest BCUT2D eigenvalue weighted by molar-refractivity contribution is 0.498. The van der Waals surface area contributed by atoms with Gasteiger partial charge in [0.1, 0.15) is 18.0 Å². The summed E-state index contributed by atoms with van der Waals surface area (Å²) in [5.41, 5.74) is 13.7. The molecule has 1 aliphatic heterocycles. The molecule has 1 saturated heterocycles. The number of nitrogens with one attached hydrogen (secondary N) is 1. The lowest BCUT2D eigenvalue weighted by Crippen LogP contribution is -2.40. The van der Waals surface area contributed by atoms with Crippen LogP contribution in [0.3, 0.4) is 0 Å². The first kappa shape index (κ1) is 14.7. The third kappa shape index (κ3) is 3.52. The molecule has 0 amide bonds. The van der Waals surface area contributed by atoms with Gasteiger partial charge in [-0.25, -0.2) is 9.97 Å². The second-order valence-corrected chi connectivity index (χ2v) is 5.62. The van der Waals surface area contributed by atoms with Crippen LogP contribution >= 0.6 is 0 Å². The number of piperidine rings is 1. The van der Waals surface area contributed by atoms with Crippen molar-refractivity contribution in [2.45, 2.75) is 25.4 Å². The second-order valence-electron chi connectivity index (χ2n) is 5.62. The van der Waals surface area contributed by atoms with Crippen molar-refractivity contribution in [1.82, 2.24) is 9.97 Å². The van der Waals surface area contributed by atoms with Crippen LogP contribution in [0.5, 0.6) is 0 Å². The standard InChI is InChI=1S/C16H22N6/c17-10-12-2-1-3-14(8-12)21-15-9-16(20-11-19-15)22-6-4-13(18)5-7-22/h1-3,8-9,11,13H,4-7,10,17-18H2,(H,19,20,21). The Morgan fingerprint density at radius 1 is 1.18 bits per heavy atom. The van der Waals surface area contributed by atoms with E-state index in [-0.39, 0.29) is 0 Å². The van der Waals surface area contributed by atoms with E-state index in [1.807, 2.05) is 30.3 Å². The highest BCUT2D eigenvalue weighted by molar-refractivity contribution is 5.60. The van der Waals surface area contributed by atoms with Crippen LogP contribution < -0.4 is 21.7 Å². The summed E-state index contributed by atoms with van der Waals surface area (Å²) in [6.45, 7) is 2.42. The third-order valence-electron chi connectivity index (χ3n) is 3.95. The Balaban J connectivity index is 1.73. The lowest BCUT2D eigenvalue weighted by atomic mass is 10.1. The first-order valence-electron chi connectivity index (χ1n) is 7.63. The van der Waals surface area contributed by atoms with Crippen molar-refractivity contribution in [2.75, 3.05) is 23.3 Å². The van der Waals surface area contributed by atoms with Crippen molar-refractivity contribution in [2.24, 2.45) is 11.5 Å². The van der Waals surface area contributed by atoms with E-state index in [0.29, 0.717) is 12.6 Å². The normalized spacial score (nSPS) is 15.8. The zero-order valence-electron chi connectivity index (χ0n) is 12.6. The average molecular weight is 298 g/mol. The monoisotopic (exact) mass is 298 g/mol. The fourth-order valence-corrected chi connectivity index (χ4v) is 2.64. The summed E-state index contributed by atoms with van der Waals surface area (Å²) in [6.07, 6.45) is 3.61. The van der Waals surface area contributed by atoms with Crippen LogP contribution in [0.4, 0.5) is 17.3 Å². The Kier molecular flexibility index (Phi) is 4.50. The summed E-state index contributed by atoms with van der Waals surface area (Å²) in [7, 11) is 0. The molecule has 6 nitrogen and oxygen atoms in total. The predicted molar refractivity (Wildman–Crippen MR) is 89.1 cm³/mol. The maximum atomic E-state index is 5.95. The minimum atomic E-state index is 0.315. The number of nitrogens with zero attached hydrogens (tertiary/aromatic N) is 3. The molecule has 5 N–H and O–H groups in total. The largest absolute Gasteiger partial charge is 0.356 e. The minimum absolute atomic E-state index is 0.315. The van der Waals surface area contributed by atoms with Gasteiger partial charge in [0, 0.05) is 37.4 Å². The quantitative estimate of drug-likeness (QED) is 0.794. The van der Waals surface area contributed by atoms with Gasteiger partial charge in [-0.15, -0.1) is 0 Å². The van der Waals surface area contributed by atoms with Crippen LogP contribution in [0.15, 0.2) is 36.7 Å². The van der Waals surface area contributed by atoms with Gasteiger partial charge in [-0.2, -0.15) is 0 Å². The van der Waals surface area contributed by atoms with Crippen molar-refractivity contribution in [3.05, 3.63) is 42.2 Å². The maximum Gasteiger partial charge on any atom is 0.135 e. The SMILES string of the molecule is NCc1cccc(Nc2cc(N3CCC(N)CC3)ncn2)c1. The minimum Gasteiger partial charge on any atom is -0.356 e. The van der Waals surface area contributed by atoms with Crippen molar-refractivity contribution in [3.8, 4) is 0 Å². The van der Waals surface area contributed by atoms with Crippen LogP contribution in [-0.2, 0) is 6.54 Å². The summed E-state index contributed by atoms with van der Waals surface area (Å²) >= 11 is 0. The van der Waals surface area contributed by atoms with Gasteiger partial charge in [0.2, 0.25) is 0 Å². The Bertz CT molecular complexity index is 622. The average Bonchev–Trinajstić information content (AvgIpc) is 2.56. The van der Waals surface area contributed by atoms with Crippen molar-refractivity contribution >= 4 is 17.3 Å². The number of hydrogen-bond acceptors (Lipinski definition) is 6. The van der Waals surface area contributed by atoms with Crippen LogP contribution in [0, 0.1) is 0 Å². The molecule has 0 atom stereocenters. The highest BCUT2D eigenvalue weighted by atomic mass is 15.2. The molecule has 3 rings (SSSR count). The molecule has 6 heteroatoms. The van der Waals surface area contributed by atoms with E-state index in [0.717, 1.165) is 48.8 Å². The van der Waals surface area contributed by atoms with E-state index in [9.17, 15) is 0 Å². The molecular formula is C16H22N6. The second kappa shape index (κ2) is 6.72. The van der Waals surface area contributed by atoms with Crippen molar-refractivity contribution < 1.29 is 0 Å². The van der Waals surface area contributed by atoms with Crippen molar-refractivity contribution in [1.29, 1.82) is 0 Å². The van der Waals surface area contributed by atoms with E-state index in [4.69, 9.17) is 11.5 Å². The molecule has 1 aromatic carbocycles. The van der Waals surface area contributed by atoms with Gasteiger partial charge >= 0.3 is 0 Å². The molecule has 2 heterocycles. The van der Waals surface area contributed by atoms with Gasteiger partial charge < -0.3 is 21.7 Å². The molecule has 0 bridgehead atoms. The Morgan fingerprint density at radius 3 is 2.77 bits per heavy atom. The summed E-state index contributed by atoms with van der Waals surface area (Å²) < 4.78 is 0. The summed E-state index contributed by atoms with van der Waals surface area (Å²) in [5, 5.41) is 3.31. The topological polar surface area (TPSA) is 93.1 Å². The fraction of sp³-hybridized carbons (Fsp3) is 0.375. The molecule has 0 unspecified atom stereocenters. The van der Waals surface area contributed by atoms with Gasteiger partial charge in [-0.3, -0.25) is 0 Å². The molecule has 0 saturated carbocycles. The van der Waals surface area contributed by atoms with Gasteiger partial charge in [0.05, 0.1) is 0 Å². The number of anilines is 3. The summed E-state index contributed by atoms with van der Waals surface area (Å²) in [6, 6.07) is 10.3. The number of hydrogen-bond donors (Lipinski definition) is 3. The van der Waals surface area contributed by atoms with E-state index >= 15 is 0 Å². The third-order valence-corrected chi connectivity index (χ3v) is 3.95. The number of aromatic nitrogens is 2. The zero-order valence-corrected chi connectivity index (χ0v) is 12.6. The van der Waals surface area contributed by atoms with E-state index in [1.54, 1.807) is 6.33 Å². The van der Waals surface area contributed by atoms with Gasteiger partial charge in [-0.1, -0.05) is 12.1 Å². The fourth-order valence-electron chi connectivity index (χ4n) is 2.64. The highest BCUT2D eigenvalue weighted by Crippen LogP contribution is 2.21. The van der Waals surface area contributed by atoms with Gasteiger partial charge in [0.15, 0.2) is 0 Å². The van der Waals surface area contributed by atoms with E-state index < -0.39 is 0 Å². The summed E-state index contributed by atoms with van der Waals surface area (Å²) in [4.78, 5) is 10.9. The number of rotatable bonds is 4. The van der Waals surface area contributed by atoms with Gasteiger partial charge in [0.25, 0.3) is 0 Å². The molecule has 0 aliphatic carbocycles. The number of nitrogens with two attached hydrogens (primary N) is 2.